The molecule has 0 atom stereocenters. The van der Waals surface area contributed by atoms with Crippen molar-refractivity contribution >= 4 is 43.4 Å². The van der Waals surface area contributed by atoms with Gasteiger partial charge in [0.1, 0.15) is 0 Å². The van der Waals surface area contributed by atoms with Crippen LogP contribution in [0.15, 0.2) is 28.6 Å². The minimum atomic E-state index is -3.81. The predicted molar refractivity (Wildman–Crippen MR) is 76.0 cm³/mol. The second-order valence-electron chi connectivity index (χ2n) is 3.79. The molecule has 18 heavy (non-hydrogen) atoms. The van der Waals surface area contributed by atoms with Crippen LogP contribution in [0.25, 0.3) is 10.2 Å². The molecule has 0 bridgehead atoms. The van der Waals surface area contributed by atoms with Crippen LogP contribution in [0.1, 0.15) is 12.8 Å². The maximum absolute atomic E-state index is 10.5. The number of thioether (sulfide) groups is 1. The number of hydrogen-bond acceptors (Lipinski definition) is 5. The summed E-state index contributed by atoms with van der Waals surface area (Å²) in [6.45, 7) is 0. The van der Waals surface area contributed by atoms with Crippen LogP contribution in [0.5, 0.6) is 0 Å². The number of hydrogen-bond donors (Lipinski definition) is 1. The number of fused-ring (bicyclic) bond motifs is 1. The SMILES string of the molecule is O=S(=O)(O)CCCCSc1nc2ccccc2s1. The van der Waals surface area contributed by atoms with Crippen molar-refractivity contribution in [2.45, 2.75) is 17.2 Å². The van der Waals surface area contributed by atoms with E-state index in [1.807, 2.05) is 24.3 Å². The molecule has 7 heteroatoms. The highest BCUT2D eigenvalue weighted by molar-refractivity contribution is 8.01. The Morgan fingerprint density at radius 3 is 2.78 bits per heavy atom. The lowest BCUT2D eigenvalue weighted by atomic mass is 10.3. The van der Waals surface area contributed by atoms with Gasteiger partial charge in [-0.15, -0.1) is 11.3 Å². The van der Waals surface area contributed by atoms with E-state index in [1.54, 1.807) is 23.1 Å². The summed E-state index contributed by atoms with van der Waals surface area (Å²) in [5, 5.41) is 0. The van der Waals surface area contributed by atoms with Crippen molar-refractivity contribution in [3.63, 3.8) is 0 Å². The zero-order valence-electron chi connectivity index (χ0n) is 9.57. The van der Waals surface area contributed by atoms with E-state index >= 15 is 0 Å². The van der Waals surface area contributed by atoms with E-state index in [4.69, 9.17) is 4.55 Å². The van der Waals surface area contributed by atoms with Crippen molar-refractivity contribution in [1.29, 1.82) is 0 Å². The van der Waals surface area contributed by atoms with Gasteiger partial charge in [0.2, 0.25) is 0 Å². The van der Waals surface area contributed by atoms with Crippen LogP contribution in [0.4, 0.5) is 0 Å². The topological polar surface area (TPSA) is 67.3 Å². The molecule has 1 aromatic carbocycles. The standard InChI is InChI=1S/C11H13NO3S3/c13-18(14,15)8-4-3-7-16-11-12-9-5-1-2-6-10(9)17-11/h1-2,5-6H,3-4,7-8H2,(H,13,14,15). The van der Waals surface area contributed by atoms with E-state index in [0.717, 1.165) is 26.7 Å². The van der Waals surface area contributed by atoms with E-state index in [-0.39, 0.29) is 5.75 Å². The second kappa shape index (κ2) is 6.01. The molecule has 2 rings (SSSR count). The fraction of sp³-hybridized carbons (Fsp3) is 0.364. The minimum absolute atomic E-state index is 0.159. The Hall–Kier alpha value is -0.630. The van der Waals surface area contributed by atoms with Gasteiger partial charge in [0, 0.05) is 5.75 Å². The highest BCUT2D eigenvalue weighted by Gasteiger charge is 2.05. The molecule has 0 amide bonds. The Balaban J connectivity index is 1.80. The summed E-state index contributed by atoms with van der Waals surface area (Å²) in [5.74, 6) is 0.656. The third-order valence-corrected chi connectivity index (χ3v) is 5.37. The maximum atomic E-state index is 10.5. The molecule has 98 valence electrons. The van der Waals surface area contributed by atoms with Gasteiger partial charge in [-0.1, -0.05) is 23.9 Å². The number of benzene rings is 1. The molecule has 2 aromatic rings. The Labute approximate surface area is 114 Å². The smallest absolute Gasteiger partial charge is 0.264 e. The first-order valence-electron chi connectivity index (χ1n) is 5.48. The highest BCUT2D eigenvalue weighted by atomic mass is 32.2. The number of rotatable bonds is 6. The largest absolute Gasteiger partial charge is 0.286 e. The molecular weight excluding hydrogens is 290 g/mol. The maximum Gasteiger partial charge on any atom is 0.264 e. The van der Waals surface area contributed by atoms with Crippen LogP contribution in [-0.2, 0) is 10.1 Å². The fourth-order valence-electron chi connectivity index (χ4n) is 1.46. The number of para-hydroxylation sites is 1. The lowest BCUT2D eigenvalue weighted by Crippen LogP contribution is -2.03. The molecular formula is C11H13NO3S3. The van der Waals surface area contributed by atoms with Crippen LogP contribution < -0.4 is 0 Å². The van der Waals surface area contributed by atoms with E-state index < -0.39 is 10.1 Å². The molecule has 1 heterocycles. The number of aromatic nitrogens is 1. The highest BCUT2D eigenvalue weighted by Crippen LogP contribution is 2.29. The van der Waals surface area contributed by atoms with Crippen molar-refractivity contribution < 1.29 is 13.0 Å². The molecule has 0 aliphatic heterocycles. The summed E-state index contributed by atoms with van der Waals surface area (Å²) in [4.78, 5) is 4.47. The molecule has 0 unspecified atom stereocenters. The molecule has 0 aliphatic rings. The normalized spacial score (nSPS) is 12.1. The van der Waals surface area contributed by atoms with E-state index in [2.05, 4.69) is 4.98 Å². The average molecular weight is 303 g/mol. The van der Waals surface area contributed by atoms with Gasteiger partial charge < -0.3 is 0 Å². The van der Waals surface area contributed by atoms with Gasteiger partial charge in [0.15, 0.2) is 4.34 Å². The van der Waals surface area contributed by atoms with E-state index in [0.29, 0.717) is 6.42 Å². The first-order valence-corrected chi connectivity index (χ1v) is 8.89. The molecule has 4 nitrogen and oxygen atoms in total. The summed E-state index contributed by atoms with van der Waals surface area (Å²) >= 11 is 3.27. The minimum Gasteiger partial charge on any atom is -0.286 e. The van der Waals surface area contributed by atoms with Crippen LogP contribution in [0.3, 0.4) is 0 Å². The number of unbranched alkanes of at least 4 members (excludes halogenated alkanes) is 1. The molecule has 1 aromatic heterocycles. The van der Waals surface area contributed by atoms with Crippen molar-refractivity contribution in [2.24, 2.45) is 0 Å². The molecule has 1 N–H and O–H groups in total. The molecule has 0 spiro atoms. The zero-order valence-corrected chi connectivity index (χ0v) is 12.0. The Morgan fingerprint density at radius 1 is 1.28 bits per heavy atom. The van der Waals surface area contributed by atoms with Crippen molar-refractivity contribution in [3.05, 3.63) is 24.3 Å². The zero-order chi connectivity index (χ0) is 13.0. The van der Waals surface area contributed by atoms with Crippen LogP contribution in [0.2, 0.25) is 0 Å². The Morgan fingerprint density at radius 2 is 2.06 bits per heavy atom. The van der Waals surface area contributed by atoms with Gasteiger partial charge in [-0.05, 0) is 25.0 Å². The summed E-state index contributed by atoms with van der Waals surface area (Å²) < 4.78 is 31.8. The van der Waals surface area contributed by atoms with Crippen LogP contribution >= 0.6 is 23.1 Å². The molecule has 0 fully saturated rings. The van der Waals surface area contributed by atoms with Crippen molar-refractivity contribution in [1.82, 2.24) is 4.98 Å². The van der Waals surface area contributed by atoms with Gasteiger partial charge in [0.25, 0.3) is 10.1 Å². The summed E-state index contributed by atoms with van der Waals surface area (Å²) in [5.41, 5.74) is 1.00. The van der Waals surface area contributed by atoms with Gasteiger partial charge >= 0.3 is 0 Å². The number of thiazole rings is 1. The van der Waals surface area contributed by atoms with Crippen LogP contribution in [0, 0.1) is 0 Å². The summed E-state index contributed by atoms with van der Waals surface area (Å²) in [6, 6.07) is 7.97. The van der Waals surface area contributed by atoms with E-state index in [9.17, 15) is 8.42 Å². The average Bonchev–Trinajstić information content (AvgIpc) is 2.69. The lowest BCUT2D eigenvalue weighted by molar-refractivity contribution is 0.481. The second-order valence-corrected chi connectivity index (χ2v) is 7.73. The van der Waals surface area contributed by atoms with Gasteiger partial charge in [-0.25, -0.2) is 4.98 Å². The van der Waals surface area contributed by atoms with Gasteiger partial charge in [-0.3, -0.25) is 4.55 Å². The van der Waals surface area contributed by atoms with Gasteiger partial charge in [0.05, 0.1) is 16.0 Å². The molecule has 0 radical (unpaired) electrons. The fourth-order valence-corrected chi connectivity index (χ4v) is 4.17. The predicted octanol–water partition coefficient (Wildman–Crippen LogP) is 3.06. The van der Waals surface area contributed by atoms with Gasteiger partial charge in [-0.2, -0.15) is 8.42 Å². The first kappa shape index (κ1) is 13.8. The first-order chi connectivity index (χ1) is 8.54. The summed E-state index contributed by atoms with van der Waals surface area (Å²) in [7, 11) is -3.81. The van der Waals surface area contributed by atoms with E-state index in [1.165, 1.54) is 0 Å². The van der Waals surface area contributed by atoms with Crippen molar-refractivity contribution in [3.8, 4) is 0 Å². The quantitative estimate of drug-likeness (QED) is 0.504. The molecule has 0 saturated carbocycles. The third-order valence-electron chi connectivity index (χ3n) is 2.30. The Bertz CT molecular complexity index is 588. The van der Waals surface area contributed by atoms with Crippen molar-refractivity contribution in [2.75, 3.05) is 11.5 Å². The summed E-state index contributed by atoms with van der Waals surface area (Å²) in [6.07, 6.45) is 1.23. The Kier molecular flexibility index (Phi) is 4.60. The molecule has 0 aliphatic carbocycles. The lowest BCUT2D eigenvalue weighted by Gasteiger charge is -1.97. The third kappa shape index (κ3) is 4.24. The number of nitrogens with zero attached hydrogens (tertiary/aromatic N) is 1. The molecule has 0 saturated heterocycles. The monoisotopic (exact) mass is 303 g/mol. The van der Waals surface area contributed by atoms with Crippen LogP contribution in [-0.4, -0.2) is 29.5 Å².